The Bertz CT molecular complexity index is 464. The zero-order valence-electron chi connectivity index (χ0n) is 8.40. The van der Waals surface area contributed by atoms with Gasteiger partial charge < -0.3 is 10.3 Å². The Morgan fingerprint density at radius 1 is 1.38 bits per heavy atom. The molecule has 0 bridgehead atoms. The number of H-pyrrole nitrogens is 1. The summed E-state index contributed by atoms with van der Waals surface area (Å²) >= 11 is 0. The SMILES string of the molecule is O=C(NCc1ccc(F)cc1)c1ncc[nH]1. The minimum absolute atomic E-state index is 0.266. The molecule has 0 aliphatic carbocycles. The fourth-order valence-electron chi connectivity index (χ4n) is 1.26. The molecule has 0 spiro atoms. The van der Waals surface area contributed by atoms with Gasteiger partial charge in [-0.15, -0.1) is 0 Å². The summed E-state index contributed by atoms with van der Waals surface area (Å²) in [4.78, 5) is 18.0. The third-order valence-electron chi connectivity index (χ3n) is 2.08. The number of halogens is 1. The number of amides is 1. The molecule has 82 valence electrons. The van der Waals surface area contributed by atoms with Crippen LogP contribution in [0.5, 0.6) is 0 Å². The molecule has 0 radical (unpaired) electrons. The first-order chi connectivity index (χ1) is 7.75. The lowest BCUT2D eigenvalue weighted by atomic mass is 10.2. The molecule has 0 aliphatic heterocycles. The van der Waals surface area contributed by atoms with E-state index in [9.17, 15) is 9.18 Å². The number of imidazole rings is 1. The summed E-state index contributed by atoms with van der Waals surface area (Å²) in [5, 5.41) is 2.67. The van der Waals surface area contributed by atoms with Crippen LogP contribution in [0.3, 0.4) is 0 Å². The smallest absolute Gasteiger partial charge is 0.287 e. The van der Waals surface area contributed by atoms with Crippen LogP contribution in [0.1, 0.15) is 16.2 Å². The van der Waals surface area contributed by atoms with Gasteiger partial charge in [0.15, 0.2) is 5.82 Å². The van der Waals surface area contributed by atoms with Crippen LogP contribution in [0.4, 0.5) is 4.39 Å². The maximum Gasteiger partial charge on any atom is 0.287 e. The van der Waals surface area contributed by atoms with Gasteiger partial charge in [-0.05, 0) is 17.7 Å². The quantitative estimate of drug-likeness (QED) is 0.821. The first-order valence-corrected chi connectivity index (χ1v) is 4.78. The highest BCUT2D eigenvalue weighted by Gasteiger charge is 2.06. The number of benzene rings is 1. The van der Waals surface area contributed by atoms with Crippen molar-refractivity contribution in [2.45, 2.75) is 6.54 Å². The molecule has 5 heteroatoms. The molecule has 2 N–H and O–H groups in total. The average molecular weight is 219 g/mol. The van der Waals surface area contributed by atoms with Crippen molar-refractivity contribution in [3.63, 3.8) is 0 Å². The van der Waals surface area contributed by atoms with Crippen molar-refractivity contribution in [2.75, 3.05) is 0 Å². The third kappa shape index (κ3) is 2.44. The van der Waals surface area contributed by atoms with E-state index in [4.69, 9.17) is 0 Å². The number of rotatable bonds is 3. The molecule has 0 fully saturated rings. The number of aromatic nitrogens is 2. The topological polar surface area (TPSA) is 57.8 Å². The van der Waals surface area contributed by atoms with Crippen LogP contribution in [-0.4, -0.2) is 15.9 Å². The average Bonchev–Trinajstić information content (AvgIpc) is 2.81. The van der Waals surface area contributed by atoms with Crippen molar-refractivity contribution in [3.05, 3.63) is 53.9 Å². The van der Waals surface area contributed by atoms with E-state index in [-0.39, 0.29) is 17.5 Å². The van der Waals surface area contributed by atoms with Gasteiger partial charge in [0.2, 0.25) is 0 Å². The van der Waals surface area contributed by atoms with Gasteiger partial charge >= 0.3 is 0 Å². The van der Waals surface area contributed by atoms with Gasteiger partial charge in [-0.25, -0.2) is 9.37 Å². The minimum Gasteiger partial charge on any atom is -0.345 e. The number of carbonyl (C=O) groups is 1. The van der Waals surface area contributed by atoms with Gasteiger partial charge in [-0.2, -0.15) is 0 Å². The van der Waals surface area contributed by atoms with Crippen molar-refractivity contribution >= 4 is 5.91 Å². The zero-order valence-corrected chi connectivity index (χ0v) is 8.40. The maximum atomic E-state index is 12.6. The lowest BCUT2D eigenvalue weighted by molar-refractivity contribution is 0.0941. The van der Waals surface area contributed by atoms with E-state index >= 15 is 0 Å². The first-order valence-electron chi connectivity index (χ1n) is 4.78. The maximum absolute atomic E-state index is 12.6. The van der Waals surface area contributed by atoms with Gasteiger partial charge in [0.1, 0.15) is 5.82 Å². The molecule has 0 unspecified atom stereocenters. The normalized spacial score (nSPS) is 10.1. The summed E-state index contributed by atoms with van der Waals surface area (Å²) in [5.74, 6) is -0.308. The van der Waals surface area contributed by atoms with Gasteiger partial charge in [0.05, 0.1) is 0 Å². The first kappa shape index (κ1) is 10.4. The molecule has 1 amide bonds. The molecule has 1 aromatic carbocycles. The Balaban J connectivity index is 1.93. The van der Waals surface area contributed by atoms with E-state index in [1.165, 1.54) is 18.3 Å². The van der Waals surface area contributed by atoms with Gasteiger partial charge in [0.25, 0.3) is 5.91 Å². The Kier molecular flexibility index (Phi) is 2.95. The molecule has 0 aliphatic rings. The number of carbonyl (C=O) groups excluding carboxylic acids is 1. The van der Waals surface area contributed by atoms with Gasteiger partial charge in [-0.3, -0.25) is 4.79 Å². The molecule has 1 heterocycles. The molecule has 2 aromatic rings. The third-order valence-corrected chi connectivity index (χ3v) is 2.08. The van der Waals surface area contributed by atoms with Crippen LogP contribution in [-0.2, 0) is 6.54 Å². The van der Waals surface area contributed by atoms with Crippen LogP contribution < -0.4 is 5.32 Å². The predicted octanol–water partition coefficient (Wildman–Crippen LogP) is 1.48. The van der Waals surface area contributed by atoms with Crippen molar-refractivity contribution in [2.24, 2.45) is 0 Å². The van der Waals surface area contributed by atoms with Crippen LogP contribution in [0.25, 0.3) is 0 Å². The standard InChI is InChI=1S/C11H10FN3O/c12-9-3-1-8(2-4-9)7-15-11(16)10-13-5-6-14-10/h1-6H,7H2,(H,13,14)(H,15,16). The van der Waals surface area contributed by atoms with Gasteiger partial charge in [-0.1, -0.05) is 12.1 Å². The van der Waals surface area contributed by atoms with E-state index in [2.05, 4.69) is 15.3 Å². The zero-order chi connectivity index (χ0) is 11.4. The lowest BCUT2D eigenvalue weighted by Gasteiger charge is -2.02. The molecule has 0 atom stereocenters. The highest BCUT2D eigenvalue weighted by atomic mass is 19.1. The Morgan fingerprint density at radius 2 is 2.12 bits per heavy atom. The number of nitrogens with zero attached hydrogens (tertiary/aromatic N) is 1. The fraction of sp³-hybridized carbons (Fsp3) is 0.0909. The summed E-state index contributed by atoms with van der Waals surface area (Å²) in [5.41, 5.74) is 0.835. The minimum atomic E-state index is -0.291. The van der Waals surface area contributed by atoms with E-state index in [0.717, 1.165) is 5.56 Å². The summed E-state index contributed by atoms with van der Waals surface area (Å²) in [6, 6.07) is 5.96. The van der Waals surface area contributed by atoms with E-state index in [1.54, 1.807) is 18.3 Å². The number of hydrogen-bond donors (Lipinski definition) is 2. The second kappa shape index (κ2) is 4.57. The second-order valence-electron chi connectivity index (χ2n) is 3.25. The van der Waals surface area contributed by atoms with Crippen LogP contribution in [0.15, 0.2) is 36.7 Å². The molecule has 0 saturated heterocycles. The van der Waals surface area contributed by atoms with Crippen LogP contribution in [0.2, 0.25) is 0 Å². The lowest BCUT2D eigenvalue weighted by Crippen LogP contribution is -2.23. The fourth-order valence-corrected chi connectivity index (χ4v) is 1.26. The van der Waals surface area contributed by atoms with Crippen molar-refractivity contribution in [1.29, 1.82) is 0 Å². The highest BCUT2D eigenvalue weighted by Crippen LogP contribution is 2.02. The largest absolute Gasteiger partial charge is 0.345 e. The highest BCUT2D eigenvalue weighted by molar-refractivity contribution is 5.90. The Morgan fingerprint density at radius 3 is 2.75 bits per heavy atom. The molecular weight excluding hydrogens is 209 g/mol. The van der Waals surface area contributed by atoms with Crippen molar-refractivity contribution in [1.82, 2.24) is 15.3 Å². The van der Waals surface area contributed by atoms with E-state index in [0.29, 0.717) is 6.54 Å². The summed E-state index contributed by atoms with van der Waals surface area (Å²) < 4.78 is 12.6. The van der Waals surface area contributed by atoms with E-state index < -0.39 is 0 Å². The summed E-state index contributed by atoms with van der Waals surface area (Å²) in [7, 11) is 0. The van der Waals surface area contributed by atoms with Crippen molar-refractivity contribution < 1.29 is 9.18 Å². The number of nitrogens with one attached hydrogen (secondary N) is 2. The molecular formula is C11H10FN3O. The predicted molar refractivity (Wildman–Crippen MR) is 56.2 cm³/mol. The van der Waals surface area contributed by atoms with Gasteiger partial charge in [0, 0.05) is 18.9 Å². The Labute approximate surface area is 91.5 Å². The monoisotopic (exact) mass is 219 g/mol. The molecule has 0 saturated carbocycles. The second-order valence-corrected chi connectivity index (χ2v) is 3.25. The van der Waals surface area contributed by atoms with Crippen LogP contribution >= 0.6 is 0 Å². The molecule has 1 aromatic heterocycles. The molecule has 4 nitrogen and oxygen atoms in total. The summed E-state index contributed by atoms with van der Waals surface area (Å²) in [6.07, 6.45) is 3.08. The van der Waals surface area contributed by atoms with E-state index in [1.807, 2.05) is 0 Å². The molecule has 2 rings (SSSR count). The van der Waals surface area contributed by atoms with Crippen LogP contribution in [0, 0.1) is 5.82 Å². The van der Waals surface area contributed by atoms with Crippen molar-refractivity contribution in [3.8, 4) is 0 Å². The Hall–Kier alpha value is -2.17. The number of hydrogen-bond acceptors (Lipinski definition) is 2. The molecule has 16 heavy (non-hydrogen) atoms. The number of aromatic amines is 1. The summed E-state index contributed by atoms with van der Waals surface area (Å²) in [6.45, 7) is 0.347.